The first kappa shape index (κ1) is 21.9. The minimum atomic E-state index is -0.905. The van der Waals surface area contributed by atoms with Crippen LogP contribution >= 0.6 is 0 Å². The van der Waals surface area contributed by atoms with Gasteiger partial charge in [0.1, 0.15) is 30.4 Å². The summed E-state index contributed by atoms with van der Waals surface area (Å²) in [7, 11) is 1.59. The molecule has 2 aromatic heterocycles. The minimum absolute atomic E-state index is 0.0968. The van der Waals surface area contributed by atoms with Crippen LogP contribution in [0.25, 0.3) is 11.5 Å². The quantitative estimate of drug-likeness (QED) is 0.387. The van der Waals surface area contributed by atoms with Gasteiger partial charge in [-0.05, 0) is 42.0 Å². The summed E-state index contributed by atoms with van der Waals surface area (Å²) < 4.78 is 21.2. The van der Waals surface area contributed by atoms with Gasteiger partial charge in [-0.15, -0.1) is 0 Å². The Labute approximate surface area is 190 Å². The highest BCUT2D eigenvalue weighted by molar-refractivity contribution is 5.94. The first-order valence-corrected chi connectivity index (χ1v) is 10.3. The number of furan rings is 1. The summed E-state index contributed by atoms with van der Waals surface area (Å²) in [5.74, 6) is 0.145. The Kier molecular flexibility index (Phi) is 6.84. The number of rotatable bonds is 9. The monoisotopic (exact) mass is 446 g/mol. The Hall–Kier alpha value is -4.33. The Morgan fingerprint density at radius 1 is 1.00 bits per heavy atom. The van der Waals surface area contributed by atoms with Crippen LogP contribution in [0, 0.1) is 0 Å². The van der Waals surface area contributed by atoms with E-state index in [0.717, 1.165) is 16.9 Å². The number of carbonyl (C=O) groups is 2. The highest BCUT2D eigenvalue weighted by Crippen LogP contribution is 2.22. The SMILES string of the molecule is COc1ccc(-c2nc(COC(=O)[C@H](Cc3ccccc3)NC(=O)c3ccco3)co2)cc1. The van der Waals surface area contributed by atoms with Crippen molar-refractivity contribution < 1.29 is 27.9 Å². The lowest BCUT2D eigenvalue weighted by Crippen LogP contribution is -2.43. The fourth-order valence-electron chi connectivity index (χ4n) is 3.17. The smallest absolute Gasteiger partial charge is 0.329 e. The van der Waals surface area contributed by atoms with Crippen molar-refractivity contribution in [3.63, 3.8) is 0 Å². The van der Waals surface area contributed by atoms with Gasteiger partial charge in [-0.25, -0.2) is 9.78 Å². The van der Waals surface area contributed by atoms with Gasteiger partial charge in [-0.3, -0.25) is 4.79 Å². The van der Waals surface area contributed by atoms with Gasteiger partial charge in [-0.1, -0.05) is 30.3 Å². The molecule has 4 rings (SSSR count). The molecule has 2 aromatic carbocycles. The molecule has 1 amide bonds. The lowest BCUT2D eigenvalue weighted by atomic mass is 10.1. The third kappa shape index (κ3) is 5.68. The molecule has 0 saturated heterocycles. The van der Waals surface area contributed by atoms with Gasteiger partial charge in [0, 0.05) is 12.0 Å². The number of nitrogens with one attached hydrogen (secondary N) is 1. The first-order chi connectivity index (χ1) is 16.1. The van der Waals surface area contributed by atoms with Crippen molar-refractivity contribution in [1.82, 2.24) is 10.3 Å². The van der Waals surface area contributed by atoms with Crippen LogP contribution in [0.4, 0.5) is 0 Å². The fourth-order valence-corrected chi connectivity index (χ4v) is 3.17. The van der Waals surface area contributed by atoms with Gasteiger partial charge in [-0.2, -0.15) is 0 Å². The van der Waals surface area contributed by atoms with Crippen LogP contribution in [0.3, 0.4) is 0 Å². The van der Waals surface area contributed by atoms with Crippen molar-refractivity contribution in [2.45, 2.75) is 19.1 Å². The maximum Gasteiger partial charge on any atom is 0.329 e. The number of nitrogens with zero attached hydrogens (tertiary/aromatic N) is 1. The number of ether oxygens (including phenoxy) is 2. The number of hydrogen-bond acceptors (Lipinski definition) is 7. The van der Waals surface area contributed by atoms with Crippen LogP contribution in [0.5, 0.6) is 5.75 Å². The van der Waals surface area contributed by atoms with Crippen molar-refractivity contribution in [2.75, 3.05) is 7.11 Å². The van der Waals surface area contributed by atoms with Crippen LogP contribution in [0.1, 0.15) is 21.8 Å². The summed E-state index contributed by atoms with van der Waals surface area (Å²) in [6.07, 6.45) is 3.09. The van der Waals surface area contributed by atoms with E-state index in [1.807, 2.05) is 42.5 Å². The number of amides is 1. The van der Waals surface area contributed by atoms with Crippen LogP contribution in [0.2, 0.25) is 0 Å². The summed E-state index contributed by atoms with van der Waals surface area (Å²) in [5.41, 5.74) is 2.09. The molecule has 0 spiro atoms. The Morgan fingerprint density at radius 2 is 1.79 bits per heavy atom. The third-order valence-electron chi connectivity index (χ3n) is 4.87. The number of aromatic nitrogens is 1. The molecule has 0 fully saturated rings. The summed E-state index contributed by atoms with van der Waals surface area (Å²) in [5, 5.41) is 2.68. The van der Waals surface area contributed by atoms with Crippen LogP contribution < -0.4 is 10.1 Å². The molecule has 33 heavy (non-hydrogen) atoms. The Bertz CT molecular complexity index is 1180. The zero-order valence-electron chi connectivity index (χ0n) is 17.9. The predicted molar refractivity (Wildman–Crippen MR) is 118 cm³/mol. The van der Waals surface area contributed by atoms with Crippen molar-refractivity contribution in [1.29, 1.82) is 0 Å². The second-order valence-electron chi connectivity index (χ2n) is 7.17. The average Bonchev–Trinajstić information content (AvgIpc) is 3.55. The topological polar surface area (TPSA) is 104 Å². The molecule has 4 aromatic rings. The van der Waals surface area contributed by atoms with Crippen molar-refractivity contribution in [2.24, 2.45) is 0 Å². The van der Waals surface area contributed by atoms with Crippen molar-refractivity contribution >= 4 is 11.9 Å². The van der Waals surface area contributed by atoms with Crippen LogP contribution in [-0.2, 0) is 22.6 Å². The van der Waals surface area contributed by atoms with E-state index in [1.54, 1.807) is 25.3 Å². The number of methoxy groups -OCH3 is 1. The molecule has 0 radical (unpaired) electrons. The van der Waals surface area contributed by atoms with Gasteiger partial charge in [0.25, 0.3) is 5.91 Å². The molecule has 0 saturated carbocycles. The number of benzene rings is 2. The minimum Gasteiger partial charge on any atom is -0.497 e. The second kappa shape index (κ2) is 10.3. The maximum absolute atomic E-state index is 12.8. The van der Waals surface area contributed by atoms with E-state index in [2.05, 4.69) is 10.3 Å². The maximum atomic E-state index is 12.8. The standard InChI is InChI=1S/C25H22N2O6/c1-30-20-11-9-18(10-12-20)24-26-19(15-32-24)16-33-25(29)21(14-17-6-3-2-4-7-17)27-23(28)22-8-5-13-31-22/h2-13,15,21H,14,16H2,1H3,(H,27,28)/t21-/m0/s1. The highest BCUT2D eigenvalue weighted by Gasteiger charge is 2.25. The van der Waals surface area contributed by atoms with E-state index >= 15 is 0 Å². The van der Waals surface area contributed by atoms with E-state index < -0.39 is 17.9 Å². The zero-order valence-corrected chi connectivity index (χ0v) is 17.9. The van der Waals surface area contributed by atoms with Gasteiger partial charge < -0.3 is 23.6 Å². The summed E-state index contributed by atoms with van der Waals surface area (Å²) >= 11 is 0. The van der Waals surface area contributed by atoms with Crippen molar-refractivity contribution in [3.8, 4) is 17.2 Å². The largest absolute Gasteiger partial charge is 0.497 e. The van der Waals surface area contributed by atoms with Gasteiger partial charge in [0.15, 0.2) is 5.76 Å². The molecule has 0 aliphatic carbocycles. The highest BCUT2D eigenvalue weighted by atomic mass is 16.5. The summed E-state index contributed by atoms with van der Waals surface area (Å²) in [6.45, 7) is -0.0968. The first-order valence-electron chi connectivity index (χ1n) is 10.3. The lowest BCUT2D eigenvalue weighted by molar-refractivity contribution is -0.147. The molecule has 168 valence electrons. The second-order valence-corrected chi connectivity index (χ2v) is 7.17. The van der Waals surface area contributed by atoms with Crippen LogP contribution in [-0.4, -0.2) is 30.0 Å². The molecular formula is C25H22N2O6. The number of hydrogen-bond donors (Lipinski definition) is 1. The fraction of sp³-hybridized carbons (Fsp3) is 0.160. The van der Waals surface area contributed by atoms with E-state index in [4.69, 9.17) is 18.3 Å². The van der Waals surface area contributed by atoms with Gasteiger partial charge in [0.05, 0.1) is 13.4 Å². The van der Waals surface area contributed by atoms with E-state index in [0.29, 0.717) is 11.6 Å². The van der Waals surface area contributed by atoms with E-state index in [1.165, 1.54) is 18.6 Å². The molecule has 2 heterocycles. The number of carbonyl (C=O) groups excluding carboxylic acids is 2. The van der Waals surface area contributed by atoms with Gasteiger partial charge >= 0.3 is 5.97 Å². The molecule has 1 atom stereocenters. The molecule has 8 heteroatoms. The molecule has 8 nitrogen and oxygen atoms in total. The lowest BCUT2D eigenvalue weighted by Gasteiger charge is -2.17. The van der Waals surface area contributed by atoms with Crippen molar-refractivity contribution in [3.05, 3.63) is 96.3 Å². The summed E-state index contributed by atoms with van der Waals surface area (Å²) in [4.78, 5) is 29.6. The van der Waals surface area contributed by atoms with E-state index in [9.17, 15) is 9.59 Å². The number of oxazole rings is 1. The average molecular weight is 446 g/mol. The molecule has 0 unspecified atom stereocenters. The molecule has 0 aliphatic heterocycles. The normalized spacial score (nSPS) is 11.5. The molecule has 0 aliphatic rings. The zero-order chi connectivity index (χ0) is 23.0. The number of esters is 1. The van der Waals surface area contributed by atoms with Crippen LogP contribution in [0.15, 0.2) is 88.1 Å². The third-order valence-corrected chi connectivity index (χ3v) is 4.87. The Morgan fingerprint density at radius 3 is 2.48 bits per heavy atom. The van der Waals surface area contributed by atoms with Gasteiger partial charge in [0.2, 0.25) is 5.89 Å². The van der Waals surface area contributed by atoms with E-state index in [-0.39, 0.29) is 18.8 Å². The predicted octanol–water partition coefficient (Wildman–Crippen LogP) is 4.03. The molecular weight excluding hydrogens is 424 g/mol. The Balaban J connectivity index is 1.41. The molecule has 0 bridgehead atoms. The summed E-state index contributed by atoms with van der Waals surface area (Å²) in [6, 6.07) is 18.8. The molecule has 1 N–H and O–H groups in total.